The van der Waals surface area contributed by atoms with Gasteiger partial charge in [-0.3, -0.25) is 0 Å². The van der Waals surface area contributed by atoms with Gasteiger partial charge in [0, 0.05) is 12.6 Å². The van der Waals surface area contributed by atoms with Crippen LogP contribution in [0.4, 0.5) is 0 Å². The number of rotatable bonds is 4. The van der Waals surface area contributed by atoms with Crippen LogP contribution in [0.15, 0.2) is 0 Å². The van der Waals surface area contributed by atoms with Crippen molar-refractivity contribution in [2.24, 2.45) is 0 Å². The summed E-state index contributed by atoms with van der Waals surface area (Å²) in [6, 6.07) is -0.960. The first-order chi connectivity index (χ1) is 4.54. The van der Waals surface area contributed by atoms with Crippen LogP contribution in [0.1, 0.15) is 6.92 Å². The highest BCUT2D eigenvalue weighted by Gasteiger charge is 1.99. The van der Waals surface area contributed by atoms with Crippen molar-refractivity contribution in [2.45, 2.75) is 13.0 Å². The van der Waals surface area contributed by atoms with Gasteiger partial charge < -0.3 is 25.1 Å². The van der Waals surface area contributed by atoms with Crippen LogP contribution < -0.4 is 15.5 Å². The number of carboxylic acids is 2. The van der Waals surface area contributed by atoms with E-state index < -0.39 is 24.5 Å². The van der Waals surface area contributed by atoms with E-state index >= 15 is 0 Å². The normalized spacial score (nSPS) is 12.5. The second-order valence-corrected chi connectivity index (χ2v) is 1.79. The summed E-state index contributed by atoms with van der Waals surface area (Å²) in [5.41, 5.74) is 0. The monoisotopic (exact) mass is 145 g/mol. The molecule has 0 rings (SSSR count). The summed E-state index contributed by atoms with van der Waals surface area (Å²) < 4.78 is 0. The molecule has 0 aliphatic rings. The lowest BCUT2D eigenvalue weighted by Crippen LogP contribution is -2.47. The van der Waals surface area contributed by atoms with Crippen molar-refractivity contribution in [3.8, 4) is 0 Å². The minimum absolute atomic E-state index is 0.477. The Balaban J connectivity index is 3.49. The van der Waals surface area contributed by atoms with E-state index in [0.717, 1.165) is 0 Å². The molecule has 1 atom stereocenters. The summed E-state index contributed by atoms with van der Waals surface area (Å²) in [6.45, 7) is 0.813. The predicted molar refractivity (Wildman–Crippen MR) is 27.5 cm³/mol. The molecule has 5 heteroatoms. The Morgan fingerprint density at radius 3 is 2.30 bits per heavy atom. The highest BCUT2D eigenvalue weighted by Crippen LogP contribution is 1.74. The molecule has 1 N–H and O–H groups in total. The van der Waals surface area contributed by atoms with Gasteiger partial charge in [-0.15, -0.1) is 0 Å². The van der Waals surface area contributed by atoms with E-state index in [4.69, 9.17) is 0 Å². The van der Waals surface area contributed by atoms with Crippen molar-refractivity contribution in [2.75, 3.05) is 6.54 Å². The smallest absolute Gasteiger partial charge is 0.0581 e. The average Bonchev–Trinajstić information content (AvgIpc) is 1.82. The Morgan fingerprint density at radius 2 is 2.00 bits per heavy atom. The lowest BCUT2D eigenvalue weighted by Gasteiger charge is -2.14. The zero-order valence-corrected chi connectivity index (χ0v) is 5.42. The number of carbonyl (C=O) groups is 2. The lowest BCUT2D eigenvalue weighted by molar-refractivity contribution is -0.309. The lowest BCUT2D eigenvalue weighted by atomic mass is 10.3. The van der Waals surface area contributed by atoms with Gasteiger partial charge in [0.1, 0.15) is 0 Å². The summed E-state index contributed by atoms with van der Waals surface area (Å²) in [7, 11) is 0. The van der Waals surface area contributed by atoms with E-state index in [1.54, 1.807) is 0 Å². The van der Waals surface area contributed by atoms with Crippen LogP contribution in [0.25, 0.3) is 0 Å². The molecule has 0 bridgehead atoms. The summed E-state index contributed by atoms with van der Waals surface area (Å²) in [5.74, 6) is -2.67. The Bertz CT molecular complexity index is 145. The van der Waals surface area contributed by atoms with Crippen molar-refractivity contribution in [1.29, 1.82) is 0 Å². The van der Waals surface area contributed by atoms with Crippen molar-refractivity contribution < 1.29 is 19.8 Å². The number of carboxylic acid groups (broad SMARTS) is 2. The third-order valence-electron chi connectivity index (χ3n) is 0.906. The Morgan fingerprint density at radius 1 is 1.50 bits per heavy atom. The highest BCUT2D eigenvalue weighted by molar-refractivity contribution is 5.72. The zero-order chi connectivity index (χ0) is 8.15. The molecule has 0 radical (unpaired) electrons. The van der Waals surface area contributed by atoms with Gasteiger partial charge in [-0.25, -0.2) is 0 Å². The SMILES string of the molecule is C[C@@H](NCC(=O)[O-])C(=O)[O-]. The molecule has 0 aliphatic heterocycles. The maximum atomic E-state index is 9.92. The van der Waals surface area contributed by atoms with Gasteiger partial charge in [0.05, 0.1) is 11.9 Å². The van der Waals surface area contributed by atoms with Crippen LogP contribution in [0, 0.1) is 0 Å². The Labute approximate surface area is 57.7 Å². The van der Waals surface area contributed by atoms with Gasteiger partial charge in [0.2, 0.25) is 0 Å². The standard InChI is InChI=1S/C5H9NO4/c1-3(5(9)10)6-2-4(7)8/h3,6H,2H2,1H3,(H,7,8)(H,9,10)/p-2/t3-/m1/s1. The van der Waals surface area contributed by atoms with E-state index in [1.165, 1.54) is 6.92 Å². The van der Waals surface area contributed by atoms with Crippen LogP contribution >= 0.6 is 0 Å². The Kier molecular flexibility index (Phi) is 3.42. The van der Waals surface area contributed by atoms with E-state index in [0.29, 0.717) is 0 Å². The first-order valence-electron chi connectivity index (χ1n) is 2.68. The third-order valence-corrected chi connectivity index (χ3v) is 0.906. The van der Waals surface area contributed by atoms with Crippen LogP contribution in [0.2, 0.25) is 0 Å². The van der Waals surface area contributed by atoms with E-state index in [2.05, 4.69) is 5.32 Å². The number of nitrogens with one attached hydrogen (secondary N) is 1. The first-order valence-corrected chi connectivity index (χ1v) is 2.68. The molecule has 0 saturated heterocycles. The summed E-state index contributed by atoms with van der Waals surface area (Å²) in [6.07, 6.45) is 0. The van der Waals surface area contributed by atoms with Gasteiger partial charge in [-0.2, -0.15) is 0 Å². The molecule has 0 fully saturated rings. The average molecular weight is 145 g/mol. The topological polar surface area (TPSA) is 92.3 Å². The second kappa shape index (κ2) is 3.84. The van der Waals surface area contributed by atoms with E-state index in [1.807, 2.05) is 0 Å². The molecule has 0 heterocycles. The van der Waals surface area contributed by atoms with Crippen molar-refractivity contribution in [3.05, 3.63) is 0 Å². The van der Waals surface area contributed by atoms with E-state index in [9.17, 15) is 19.8 Å². The van der Waals surface area contributed by atoms with Crippen molar-refractivity contribution >= 4 is 11.9 Å². The summed E-state index contributed by atoms with van der Waals surface area (Å²) in [5, 5.41) is 21.8. The minimum atomic E-state index is -1.34. The molecule has 0 aromatic heterocycles. The molecule has 0 aromatic rings. The molecular formula is C5H7NO4-2. The zero-order valence-electron chi connectivity index (χ0n) is 5.42. The van der Waals surface area contributed by atoms with Gasteiger partial charge in [-0.05, 0) is 6.92 Å². The first kappa shape index (κ1) is 8.90. The number of aliphatic carboxylic acids is 2. The molecule has 0 saturated carbocycles. The summed E-state index contributed by atoms with van der Waals surface area (Å²) in [4.78, 5) is 19.7. The highest BCUT2D eigenvalue weighted by atomic mass is 16.4. The maximum absolute atomic E-state index is 9.92. The molecule has 10 heavy (non-hydrogen) atoms. The minimum Gasteiger partial charge on any atom is -0.549 e. The van der Waals surface area contributed by atoms with Crippen molar-refractivity contribution in [1.82, 2.24) is 5.32 Å². The predicted octanol–water partition coefficient (Wildman–Crippen LogP) is -3.54. The molecule has 0 unspecified atom stereocenters. The number of hydrogen-bond acceptors (Lipinski definition) is 5. The van der Waals surface area contributed by atoms with Crippen LogP contribution in [0.5, 0.6) is 0 Å². The van der Waals surface area contributed by atoms with Crippen molar-refractivity contribution in [3.63, 3.8) is 0 Å². The maximum Gasteiger partial charge on any atom is 0.0581 e. The molecule has 0 amide bonds. The Hall–Kier alpha value is -1.10. The number of carbonyl (C=O) groups excluding carboxylic acids is 2. The largest absolute Gasteiger partial charge is 0.549 e. The van der Waals surface area contributed by atoms with Crippen LogP contribution in [0.3, 0.4) is 0 Å². The molecule has 0 aromatic carbocycles. The van der Waals surface area contributed by atoms with Gasteiger partial charge in [0.25, 0.3) is 0 Å². The summed E-state index contributed by atoms with van der Waals surface area (Å²) >= 11 is 0. The molecule has 0 aliphatic carbocycles. The van der Waals surface area contributed by atoms with E-state index in [-0.39, 0.29) is 0 Å². The second-order valence-electron chi connectivity index (χ2n) is 1.79. The van der Waals surface area contributed by atoms with Gasteiger partial charge in [0.15, 0.2) is 0 Å². The quantitative estimate of drug-likeness (QED) is 0.442. The fraction of sp³-hybridized carbons (Fsp3) is 0.600. The van der Waals surface area contributed by atoms with Crippen LogP contribution in [-0.2, 0) is 9.59 Å². The molecule has 5 nitrogen and oxygen atoms in total. The third kappa shape index (κ3) is 3.85. The molecular weight excluding hydrogens is 138 g/mol. The number of hydrogen-bond donors (Lipinski definition) is 1. The fourth-order valence-electron chi connectivity index (χ4n) is 0.320. The van der Waals surface area contributed by atoms with Crippen LogP contribution in [-0.4, -0.2) is 24.5 Å². The molecule has 58 valence electrons. The molecule has 0 spiro atoms. The fourth-order valence-corrected chi connectivity index (χ4v) is 0.320. The van der Waals surface area contributed by atoms with Gasteiger partial charge >= 0.3 is 0 Å². The van der Waals surface area contributed by atoms with Gasteiger partial charge in [-0.1, -0.05) is 0 Å².